The van der Waals surface area contributed by atoms with Crippen LogP contribution in [0.3, 0.4) is 0 Å². The van der Waals surface area contributed by atoms with Crippen LogP contribution >= 0.6 is 0 Å². The van der Waals surface area contributed by atoms with Crippen molar-refractivity contribution in [1.29, 1.82) is 0 Å². The number of aromatic amines is 1. The highest BCUT2D eigenvalue weighted by Crippen LogP contribution is 2.21. The van der Waals surface area contributed by atoms with Crippen LogP contribution < -0.4 is 11.0 Å². The summed E-state index contributed by atoms with van der Waals surface area (Å²) in [6, 6.07) is 5.22. The third-order valence-electron chi connectivity index (χ3n) is 3.66. The van der Waals surface area contributed by atoms with E-state index in [0.717, 1.165) is 11.3 Å². The molecule has 0 saturated carbocycles. The number of pyridine rings is 1. The van der Waals surface area contributed by atoms with Crippen molar-refractivity contribution in [2.24, 2.45) is 11.8 Å². The zero-order valence-corrected chi connectivity index (χ0v) is 14.5. The van der Waals surface area contributed by atoms with Gasteiger partial charge < -0.3 is 10.3 Å². The normalized spacial score (nSPS) is 12.4. The van der Waals surface area contributed by atoms with Gasteiger partial charge in [0.2, 0.25) is 0 Å². The number of hydrogen-bond donors (Lipinski definition) is 2. The molecule has 0 aliphatic heterocycles. The first-order valence-electron chi connectivity index (χ1n) is 8.18. The molecule has 1 amide bonds. The summed E-state index contributed by atoms with van der Waals surface area (Å²) in [6.07, 6.45) is 4.12. The molecular formula is C18H24N4O2. The Labute approximate surface area is 141 Å². The van der Waals surface area contributed by atoms with Crippen LogP contribution in [0.5, 0.6) is 0 Å². The van der Waals surface area contributed by atoms with Gasteiger partial charge in [-0.15, -0.1) is 0 Å². The van der Waals surface area contributed by atoms with E-state index in [9.17, 15) is 9.59 Å². The molecule has 1 atom stereocenters. The summed E-state index contributed by atoms with van der Waals surface area (Å²) in [5.74, 6) is 0.196. The van der Waals surface area contributed by atoms with E-state index >= 15 is 0 Å². The van der Waals surface area contributed by atoms with E-state index in [1.54, 1.807) is 18.5 Å². The minimum atomic E-state index is -0.499. The smallest absolute Gasteiger partial charge is 0.344 e. The predicted molar refractivity (Wildman–Crippen MR) is 92.7 cm³/mol. The number of nitrogens with one attached hydrogen (secondary N) is 2. The van der Waals surface area contributed by atoms with Gasteiger partial charge in [0.05, 0.1) is 6.04 Å². The lowest BCUT2D eigenvalue weighted by Crippen LogP contribution is -2.34. The molecule has 0 aliphatic carbocycles. The largest absolute Gasteiger partial charge is 0.345 e. The van der Waals surface area contributed by atoms with Gasteiger partial charge in [0.1, 0.15) is 5.69 Å². The van der Waals surface area contributed by atoms with Crippen molar-refractivity contribution in [3.05, 3.63) is 58.0 Å². The molecule has 0 bridgehead atoms. The quantitative estimate of drug-likeness (QED) is 0.853. The third kappa shape index (κ3) is 4.75. The maximum Gasteiger partial charge on any atom is 0.345 e. The highest BCUT2D eigenvalue weighted by atomic mass is 16.2. The number of H-pyrrole nitrogens is 1. The highest BCUT2D eigenvalue weighted by molar-refractivity contribution is 5.92. The first-order valence-corrected chi connectivity index (χ1v) is 8.18. The molecule has 6 heteroatoms. The number of aromatic nitrogens is 3. The van der Waals surface area contributed by atoms with Crippen LogP contribution in [0.2, 0.25) is 0 Å². The van der Waals surface area contributed by atoms with Crippen LogP contribution in [0, 0.1) is 11.8 Å². The Balaban J connectivity index is 2.24. The molecule has 0 aromatic carbocycles. The average molecular weight is 328 g/mol. The molecule has 2 aromatic rings. The Hall–Kier alpha value is -2.50. The van der Waals surface area contributed by atoms with Gasteiger partial charge in [-0.3, -0.25) is 9.78 Å². The second kappa shape index (κ2) is 7.86. The Morgan fingerprint density at radius 1 is 1.29 bits per heavy atom. The van der Waals surface area contributed by atoms with Crippen LogP contribution in [0.25, 0.3) is 0 Å². The van der Waals surface area contributed by atoms with Crippen LogP contribution in [0.1, 0.15) is 55.5 Å². The van der Waals surface area contributed by atoms with E-state index in [4.69, 9.17) is 0 Å². The monoisotopic (exact) mass is 328 g/mol. The van der Waals surface area contributed by atoms with Gasteiger partial charge in [0, 0.05) is 18.1 Å². The lowest BCUT2D eigenvalue weighted by molar-refractivity contribution is 0.0919. The third-order valence-corrected chi connectivity index (χ3v) is 3.66. The summed E-state index contributed by atoms with van der Waals surface area (Å²) in [7, 11) is 0. The second-order valence-electron chi connectivity index (χ2n) is 6.68. The van der Waals surface area contributed by atoms with Gasteiger partial charge in [-0.05, 0) is 36.0 Å². The van der Waals surface area contributed by atoms with Crippen molar-refractivity contribution in [2.75, 3.05) is 0 Å². The summed E-state index contributed by atoms with van der Waals surface area (Å²) in [4.78, 5) is 34.9. The summed E-state index contributed by atoms with van der Waals surface area (Å²) in [6.45, 7) is 8.14. The number of amides is 1. The fraction of sp³-hybridized carbons (Fsp3) is 0.444. The molecule has 1 unspecified atom stereocenters. The predicted octanol–water partition coefficient (Wildman–Crippen LogP) is 2.49. The molecule has 0 spiro atoms. The molecule has 2 rings (SSSR count). The summed E-state index contributed by atoms with van der Waals surface area (Å²) < 4.78 is 0. The SMILES string of the molecule is CC(C)Cc1cc(C(=O)NC(c2cccnc2)C(C)C)nc(=O)[nH]1. The molecule has 2 aromatic heterocycles. The molecule has 0 fully saturated rings. The number of carbonyl (C=O) groups is 1. The topological polar surface area (TPSA) is 87.7 Å². The first kappa shape index (κ1) is 17.8. The zero-order chi connectivity index (χ0) is 17.7. The van der Waals surface area contributed by atoms with Crippen molar-refractivity contribution >= 4 is 5.91 Å². The van der Waals surface area contributed by atoms with Crippen molar-refractivity contribution in [3.8, 4) is 0 Å². The summed E-state index contributed by atoms with van der Waals surface area (Å²) >= 11 is 0. The molecule has 2 heterocycles. The average Bonchev–Trinajstić information content (AvgIpc) is 2.51. The minimum Gasteiger partial charge on any atom is -0.344 e. The van der Waals surface area contributed by atoms with Gasteiger partial charge >= 0.3 is 5.69 Å². The van der Waals surface area contributed by atoms with E-state index in [0.29, 0.717) is 12.3 Å². The lowest BCUT2D eigenvalue weighted by atomic mass is 9.97. The minimum absolute atomic E-state index is 0.143. The van der Waals surface area contributed by atoms with Crippen molar-refractivity contribution in [3.63, 3.8) is 0 Å². The Morgan fingerprint density at radius 2 is 2.04 bits per heavy atom. The standard InChI is InChI=1S/C18H24N4O2/c1-11(2)8-14-9-15(21-18(24)20-14)17(23)22-16(12(3)4)13-6-5-7-19-10-13/h5-7,9-12,16H,8H2,1-4H3,(H,22,23)(H,20,21,24). The second-order valence-corrected chi connectivity index (χ2v) is 6.68. The van der Waals surface area contributed by atoms with Gasteiger partial charge in [-0.2, -0.15) is 4.98 Å². The maximum atomic E-state index is 12.6. The van der Waals surface area contributed by atoms with Crippen LogP contribution in [-0.4, -0.2) is 20.9 Å². The summed E-state index contributed by atoms with van der Waals surface area (Å²) in [5, 5.41) is 2.96. The Kier molecular flexibility index (Phi) is 5.84. The van der Waals surface area contributed by atoms with Crippen LogP contribution in [0.4, 0.5) is 0 Å². The van der Waals surface area contributed by atoms with Gasteiger partial charge in [0.15, 0.2) is 0 Å². The van der Waals surface area contributed by atoms with Crippen molar-refractivity contribution in [2.45, 2.75) is 40.2 Å². The van der Waals surface area contributed by atoms with E-state index in [2.05, 4.69) is 34.1 Å². The summed E-state index contributed by atoms with van der Waals surface area (Å²) in [5.41, 5.74) is 1.29. The van der Waals surface area contributed by atoms with Gasteiger partial charge in [0.25, 0.3) is 5.91 Å². The molecule has 24 heavy (non-hydrogen) atoms. The van der Waals surface area contributed by atoms with Gasteiger partial charge in [-0.25, -0.2) is 4.79 Å². The number of rotatable bonds is 6. The fourth-order valence-electron chi connectivity index (χ4n) is 2.58. The van der Waals surface area contributed by atoms with E-state index in [-0.39, 0.29) is 23.6 Å². The Bertz CT molecular complexity index is 738. The maximum absolute atomic E-state index is 12.6. The highest BCUT2D eigenvalue weighted by Gasteiger charge is 2.20. The fourth-order valence-corrected chi connectivity index (χ4v) is 2.58. The first-order chi connectivity index (χ1) is 11.4. The van der Waals surface area contributed by atoms with Crippen molar-refractivity contribution in [1.82, 2.24) is 20.3 Å². The molecule has 0 saturated heterocycles. The van der Waals surface area contributed by atoms with Crippen molar-refractivity contribution < 1.29 is 4.79 Å². The zero-order valence-electron chi connectivity index (χ0n) is 14.5. The molecule has 6 nitrogen and oxygen atoms in total. The van der Waals surface area contributed by atoms with E-state index in [1.165, 1.54) is 0 Å². The van der Waals surface area contributed by atoms with Gasteiger partial charge in [-0.1, -0.05) is 33.8 Å². The Morgan fingerprint density at radius 3 is 2.62 bits per heavy atom. The number of hydrogen-bond acceptors (Lipinski definition) is 4. The molecule has 2 N–H and O–H groups in total. The van der Waals surface area contributed by atoms with Crippen LogP contribution in [0.15, 0.2) is 35.4 Å². The van der Waals surface area contributed by atoms with E-state index < -0.39 is 5.69 Å². The number of carbonyl (C=O) groups excluding carboxylic acids is 1. The molecular weight excluding hydrogens is 304 g/mol. The molecule has 128 valence electrons. The lowest BCUT2D eigenvalue weighted by Gasteiger charge is -2.22. The molecule has 0 radical (unpaired) electrons. The molecule has 0 aliphatic rings. The van der Waals surface area contributed by atoms with Crippen LogP contribution in [-0.2, 0) is 6.42 Å². The number of nitrogens with zero attached hydrogens (tertiary/aromatic N) is 2. The van der Waals surface area contributed by atoms with E-state index in [1.807, 2.05) is 26.0 Å².